The maximum absolute atomic E-state index is 13.8. The standard InChI is InChI=1S/C36H47N5O4.C10H12N2O4/c1-36(2,3)39-35(45)31-24-40(22-26-12-9-15-37-21-26)16-17-41(31)23-29(42)19-28(18-25-10-5-4-6-11-25)34(44)38-33-30-14-8-7-13-27(30)20-32(33)43;1-6-4-12(10(15)11-9(6)14)8-3-2-7(5-13)16-8/h4-15,21,28-29,31-33,42-43H,16-20,22-24H2,1-3H3,(H,38,44)(H,39,45);2-4,7-8,13H,5H2,1H3,(H,11,14,15)/t28-,29-,31-,32+,33-;7-,8+/m00/s1. The summed E-state index contributed by atoms with van der Waals surface area (Å²) in [5, 5.41) is 37.4. The minimum absolute atomic E-state index is 0.0712. The van der Waals surface area contributed by atoms with Gasteiger partial charge in [-0.05, 0) is 74.9 Å². The van der Waals surface area contributed by atoms with E-state index in [0.717, 1.165) is 28.8 Å². The van der Waals surface area contributed by atoms with E-state index in [1.807, 2.05) is 93.7 Å². The second-order valence-electron chi connectivity index (χ2n) is 17.2. The number of carbonyl (C=O) groups excluding carboxylic acids is 2. The molecule has 0 saturated carbocycles. The molecule has 1 aliphatic carbocycles. The molecular formula is C46H59N7O8. The SMILES string of the molecule is CC(C)(C)NC(=O)[C@@H]1CN(Cc2cccnc2)CCN1C[C@@H](O)C[C@H](Cc1ccccc1)C(=O)N[C@H]1c2ccccc2C[C@H]1O.Cc1cn([C@H]2C=C[C@@H](CO)O2)c(=O)[nH]c1=O. The molecule has 0 bridgehead atoms. The number of nitrogens with one attached hydrogen (secondary N) is 3. The summed E-state index contributed by atoms with van der Waals surface area (Å²) in [7, 11) is 0. The molecule has 6 N–H and O–H groups in total. The van der Waals surface area contributed by atoms with E-state index in [0.29, 0.717) is 38.0 Å². The summed E-state index contributed by atoms with van der Waals surface area (Å²) in [4.78, 5) is 60.7. The van der Waals surface area contributed by atoms with Crippen LogP contribution in [0, 0.1) is 12.8 Å². The van der Waals surface area contributed by atoms with Gasteiger partial charge in [0.2, 0.25) is 11.8 Å². The van der Waals surface area contributed by atoms with Crippen molar-refractivity contribution in [1.82, 2.24) is 35.0 Å². The molecule has 3 aliphatic rings. The van der Waals surface area contributed by atoms with Crippen LogP contribution in [0.2, 0.25) is 0 Å². The van der Waals surface area contributed by atoms with Gasteiger partial charge in [-0.25, -0.2) is 4.79 Å². The number of rotatable bonds is 13. The molecule has 4 aromatic rings. The second kappa shape index (κ2) is 20.5. The zero-order valence-electron chi connectivity index (χ0n) is 35.3. The highest BCUT2D eigenvalue weighted by atomic mass is 16.5. The van der Waals surface area contributed by atoms with Gasteiger partial charge in [0.25, 0.3) is 5.56 Å². The average Bonchev–Trinajstić information content (AvgIpc) is 3.84. The van der Waals surface area contributed by atoms with E-state index in [2.05, 4.69) is 30.4 Å². The maximum atomic E-state index is 13.8. The van der Waals surface area contributed by atoms with E-state index in [4.69, 9.17) is 9.84 Å². The van der Waals surface area contributed by atoms with Crippen LogP contribution in [0.15, 0.2) is 107 Å². The lowest BCUT2D eigenvalue weighted by molar-refractivity contribution is -0.132. The lowest BCUT2D eigenvalue weighted by Gasteiger charge is -2.42. The van der Waals surface area contributed by atoms with Crippen molar-refractivity contribution >= 4 is 11.8 Å². The van der Waals surface area contributed by atoms with E-state index in [-0.39, 0.29) is 31.4 Å². The maximum Gasteiger partial charge on any atom is 0.330 e. The first-order valence-corrected chi connectivity index (χ1v) is 20.9. The third kappa shape index (κ3) is 12.4. The third-order valence-corrected chi connectivity index (χ3v) is 11.1. The number of hydrogen-bond acceptors (Lipinski definition) is 11. The van der Waals surface area contributed by atoms with Crippen LogP contribution in [-0.4, -0.2) is 114 Å². The van der Waals surface area contributed by atoms with Gasteiger partial charge in [-0.3, -0.25) is 38.7 Å². The van der Waals surface area contributed by atoms with Crippen molar-refractivity contribution in [3.05, 3.63) is 146 Å². The zero-order valence-corrected chi connectivity index (χ0v) is 35.3. The molecule has 2 aromatic carbocycles. The van der Waals surface area contributed by atoms with Crippen LogP contribution in [0.4, 0.5) is 0 Å². The van der Waals surface area contributed by atoms with Gasteiger partial charge >= 0.3 is 5.69 Å². The number of aromatic amines is 1. The lowest BCUT2D eigenvalue weighted by Crippen LogP contribution is -2.61. The Balaban J connectivity index is 0.000000324. The lowest BCUT2D eigenvalue weighted by atomic mass is 9.91. The number of aryl methyl sites for hydroxylation is 1. The number of fused-ring (bicyclic) bond motifs is 1. The number of carbonyl (C=O) groups is 2. The average molecular weight is 838 g/mol. The number of nitrogens with zero attached hydrogens (tertiary/aromatic N) is 4. The van der Waals surface area contributed by atoms with E-state index < -0.39 is 59.3 Å². The van der Waals surface area contributed by atoms with Crippen molar-refractivity contribution in [1.29, 1.82) is 0 Å². The molecule has 15 heteroatoms. The van der Waals surface area contributed by atoms with Gasteiger partial charge in [0, 0.05) is 74.8 Å². The van der Waals surface area contributed by atoms with Crippen molar-refractivity contribution in [3.8, 4) is 0 Å². The smallest absolute Gasteiger partial charge is 0.330 e. The Morgan fingerprint density at radius 1 is 1.00 bits per heavy atom. The fourth-order valence-corrected chi connectivity index (χ4v) is 8.09. The number of aliphatic hydroxyl groups excluding tert-OH is 3. The molecule has 0 unspecified atom stereocenters. The molecule has 7 rings (SSSR count). The number of H-pyrrole nitrogens is 1. The number of amides is 2. The summed E-state index contributed by atoms with van der Waals surface area (Å²) in [5.74, 6) is -0.781. The molecule has 2 aliphatic heterocycles. The van der Waals surface area contributed by atoms with Gasteiger partial charge in [0.15, 0.2) is 6.23 Å². The normalized spacial score (nSPS) is 22.4. The molecule has 0 spiro atoms. The first-order valence-electron chi connectivity index (χ1n) is 20.9. The first kappa shape index (κ1) is 45.2. The molecule has 2 aromatic heterocycles. The Hall–Kier alpha value is -5.29. The number of piperazine rings is 1. The molecular weight excluding hydrogens is 779 g/mol. The van der Waals surface area contributed by atoms with Gasteiger partial charge in [-0.2, -0.15) is 0 Å². The Morgan fingerprint density at radius 2 is 1.74 bits per heavy atom. The van der Waals surface area contributed by atoms with Gasteiger partial charge in [-0.15, -0.1) is 0 Å². The number of β-amino-alcohol motifs (C(OH)–C–C–N with tert-alkyl or cyclic N) is 1. The first-order chi connectivity index (χ1) is 29.2. The Morgan fingerprint density at radius 3 is 2.44 bits per heavy atom. The Bertz CT molecular complexity index is 2220. The summed E-state index contributed by atoms with van der Waals surface area (Å²) in [6, 6.07) is 20.6. The largest absolute Gasteiger partial charge is 0.393 e. The van der Waals surface area contributed by atoms with Crippen LogP contribution in [0.1, 0.15) is 67.3 Å². The van der Waals surface area contributed by atoms with E-state index >= 15 is 0 Å². The highest BCUT2D eigenvalue weighted by Gasteiger charge is 2.37. The van der Waals surface area contributed by atoms with E-state index in [1.54, 1.807) is 25.3 Å². The predicted molar refractivity (Wildman–Crippen MR) is 230 cm³/mol. The molecule has 2 amide bonds. The van der Waals surface area contributed by atoms with Crippen LogP contribution in [0.25, 0.3) is 0 Å². The van der Waals surface area contributed by atoms with Crippen LogP contribution >= 0.6 is 0 Å². The van der Waals surface area contributed by atoms with Crippen LogP contribution in [0.5, 0.6) is 0 Å². The second-order valence-corrected chi connectivity index (χ2v) is 17.2. The molecule has 0 radical (unpaired) electrons. The Kier molecular flexibility index (Phi) is 15.2. The van der Waals surface area contributed by atoms with E-state index in [9.17, 15) is 29.4 Å². The van der Waals surface area contributed by atoms with Crippen LogP contribution < -0.4 is 21.9 Å². The molecule has 7 atom stereocenters. The van der Waals surface area contributed by atoms with Gasteiger partial charge in [0.1, 0.15) is 12.1 Å². The van der Waals surface area contributed by atoms with Gasteiger partial charge < -0.3 is 30.7 Å². The number of aliphatic hydroxyl groups is 3. The van der Waals surface area contributed by atoms with Crippen molar-refractivity contribution in [2.75, 3.05) is 32.8 Å². The summed E-state index contributed by atoms with van der Waals surface area (Å²) in [6.45, 7) is 10.2. The minimum Gasteiger partial charge on any atom is -0.393 e. The fourth-order valence-electron chi connectivity index (χ4n) is 8.09. The summed E-state index contributed by atoms with van der Waals surface area (Å²) in [6.07, 6.45) is 7.08. The highest BCUT2D eigenvalue weighted by Crippen LogP contribution is 2.32. The Labute approximate surface area is 356 Å². The molecule has 15 nitrogen and oxygen atoms in total. The monoisotopic (exact) mass is 837 g/mol. The number of pyridine rings is 1. The van der Waals surface area contributed by atoms with Gasteiger partial charge in [-0.1, -0.05) is 66.7 Å². The highest BCUT2D eigenvalue weighted by molar-refractivity contribution is 5.83. The van der Waals surface area contributed by atoms with Gasteiger partial charge in [0.05, 0.1) is 24.9 Å². The predicted octanol–water partition coefficient (Wildman–Crippen LogP) is 2.16. The fraction of sp³-hybridized carbons (Fsp3) is 0.457. The minimum atomic E-state index is -0.833. The number of aromatic nitrogens is 3. The van der Waals surface area contributed by atoms with Crippen molar-refractivity contribution in [2.45, 2.75) is 95.7 Å². The van der Waals surface area contributed by atoms with Crippen LogP contribution in [0.3, 0.4) is 0 Å². The molecule has 61 heavy (non-hydrogen) atoms. The third-order valence-electron chi connectivity index (χ3n) is 11.1. The number of ether oxygens (including phenoxy) is 1. The number of benzene rings is 2. The zero-order chi connectivity index (χ0) is 43.7. The molecule has 4 heterocycles. The summed E-state index contributed by atoms with van der Waals surface area (Å²) < 4.78 is 6.63. The molecule has 1 saturated heterocycles. The molecule has 326 valence electrons. The van der Waals surface area contributed by atoms with Crippen molar-refractivity contribution in [3.63, 3.8) is 0 Å². The van der Waals surface area contributed by atoms with Crippen molar-refractivity contribution in [2.24, 2.45) is 5.92 Å². The van der Waals surface area contributed by atoms with Crippen molar-refractivity contribution < 1.29 is 29.6 Å². The number of hydrogen-bond donors (Lipinski definition) is 6. The van der Waals surface area contributed by atoms with Crippen LogP contribution in [-0.2, 0) is 33.7 Å². The van der Waals surface area contributed by atoms with E-state index in [1.165, 1.54) is 10.8 Å². The topological polar surface area (TPSA) is 202 Å². The molecule has 1 fully saturated rings. The summed E-state index contributed by atoms with van der Waals surface area (Å²) in [5.41, 5.74) is 3.19. The summed E-state index contributed by atoms with van der Waals surface area (Å²) >= 11 is 0. The quantitative estimate of drug-likeness (QED) is 0.108.